The van der Waals surface area contributed by atoms with E-state index < -0.39 is 6.67 Å². The second kappa shape index (κ2) is 11.0. The molecular formula is C24H28FN3O3. The van der Waals surface area contributed by atoms with Crippen molar-refractivity contribution in [2.75, 3.05) is 57.7 Å². The van der Waals surface area contributed by atoms with Crippen LogP contribution in [-0.2, 0) is 9.47 Å². The van der Waals surface area contributed by atoms with Crippen LogP contribution in [0.15, 0.2) is 48.7 Å². The van der Waals surface area contributed by atoms with E-state index in [1.165, 1.54) is 12.8 Å². The van der Waals surface area contributed by atoms with Crippen molar-refractivity contribution < 1.29 is 18.6 Å². The number of aromatic nitrogens is 2. The first kappa shape index (κ1) is 21.5. The Balaban J connectivity index is 1.31. The number of benzene rings is 1. The Morgan fingerprint density at radius 3 is 2.45 bits per heavy atom. The molecule has 4 rings (SSSR count). The minimum absolute atomic E-state index is 0.118. The summed E-state index contributed by atoms with van der Waals surface area (Å²) in [6, 6.07) is 14.1. The van der Waals surface area contributed by atoms with Crippen LogP contribution in [0, 0.1) is 0 Å². The Kier molecular flexibility index (Phi) is 7.63. The monoisotopic (exact) mass is 425 g/mol. The maximum atomic E-state index is 11.9. The summed E-state index contributed by atoms with van der Waals surface area (Å²) in [4.78, 5) is 11.7. The zero-order valence-corrected chi connectivity index (χ0v) is 17.6. The number of rotatable bonds is 11. The molecule has 0 saturated carbocycles. The lowest BCUT2D eigenvalue weighted by molar-refractivity contribution is 0.0325. The molecule has 3 heterocycles. The van der Waals surface area contributed by atoms with Crippen molar-refractivity contribution in [3.05, 3.63) is 48.7 Å². The molecule has 0 N–H and O–H groups in total. The number of hydrogen-bond acceptors (Lipinski definition) is 6. The van der Waals surface area contributed by atoms with Gasteiger partial charge in [0.2, 0.25) is 0 Å². The molecule has 0 atom stereocenters. The molecule has 7 heteroatoms. The molecule has 0 spiro atoms. The largest absolute Gasteiger partial charge is 0.491 e. The number of halogens is 1. The zero-order chi connectivity index (χ0) is 21.3. The fourth-order valence-corrected chi connectivity index (χ4v) is 3.62. The minimum atomic E-state index is -0.469. The second-order valence-corrected chi connectivity index (χ2v) is 7.41. The van der Waals surface area contributed by atoms with Crippen LogP contribution < -0.4 is 9.64 Å². The smallest absolute Gasteiger partial charge is 0.128 e. The molecule has 1 fully saturated rings. The van der Waals surface area contributed by atoms with E-state index in [2.05, 4.69) is 28.1 Å². The van der Waals surface area contributed by atoms with Gasteiger partial charge in [-0.25, -0.2) is 14.4 Å². The second-order valence-electron chi connectivity index (χ2n) is 7.41. The van der Waals surface area contributed by atoms with Gasteiger partial charge in [-0.1, -0.05) is 6.07 Å². The molecule has 164 valence electrons. The molecule has 3 aromatic rings. The maximum Gasteiger partial charge on any atom is 0.128 e. The molecule has 2 aromatic heterocycles. The molecule has 6 nitrogen and oxygen atoms in total. The summed E-state index contributed by atoms with van der Waals surface area (Å²) < 4.78 is 28.1. The number of nitrogens with zero attached hydrogens (tertiary/aromatic N) is 3. The van der Waals surface area contributed by atoms with E-state index in [9.17, 15) is 4.39 Å². The average molecular weight is 426 g/mol. The highest BCUT2D eigenvalue weighted by atomic mass is 19.1. The molecular weight excluding hydrogens is 397 g/mol. The van der Waals surface area contributed by atoms with E-state index in [1.54, 1.807) is 0 Å². The Morgan fingerprint density at radius 2 is 1.68 bits per heavy atom. The van der Waals surface area contributed by atoms with Gasteiger partial charge in [-0.2, -0.15) is 0 Å². The fraction of sp³-hybridized carbons (Fsp3) is 0.417. The summed E-state index contributed by atoms with van der Waals surface area (Å²) in [6.45, 7) is 3.55. The Bertz CT molecular complexity index is 962. The lowest BCUT2D eigenvalue weighted by atomic mass is 10.1. The van der Waals surface area contributed by atoms with Gasteiger partial charge in [-0.3, -0.25) is 0 Å². The van der Waals surface area contributed by atoms with E-state index >= 15 is 0 Å². The van der Waals surface area contributed by atoms with Crippen LogP contribution in [0.2, 0.25) is 0 Å². The lowest BCUT2D eigenvalue weighted by Crippen LogP contribution is -2.18. The molecule has 1 aliphatic heterocycles. The molecule has 31 heavy (non-hydrogen) atoms. The molecule has 0 amide bonds. The fourth-order valence-electron chi connectivity index (χ4n) is 3.62. The number of hydrogen-bond donors (Lipinski definition) is 0. The summed E-state index contributed by atoms with van der Waals surface area (Å²) in [6.07, 6.45) is 4.39. The number of ether oxygens (including phenoxy) is 3. The van der Waals surface area contributed by atoms with Crippen molar-refractivity contribution in [3.8, 4) is 17.0 Å². The van der Waals surface area contributed by atoms with Crippen LogP contribution in [0.4, 0.5) is 10.2 Å². The molecule has 0 aliphatic carbocycles. The third-order valence-corrected chi connectivity index (χ3v) is 5.22. The highest BCUT2D eigenvalue weighted by molar-refractivity contribution is 5.82. The molecule has 1 aliphatic rings. The van der Waals surface area contributed by atoms with Gasteiger partial charge in [0.25, 0.3) is 0 Å². The van der Waals surface area contributed by atoms with E-state index in [-0.39, 0.29) is 6.61 Å². The number of alkyl halides is 1. The lowest BCUT2D eigenvalue weighted by Gasteiger charge is -2.16. The van der Waals surface area contributed by atoms with Gasteiger partial charge in [0.15, 0.2) is 0 Å². The van der Waals surface area contributed by atoms with Crippen molar-refractivity contribution in [3.63, 3.8) is 0 Å². The Morgan fingerprint density at radius 1 is 0.871 bits per heavy atom. The summed E-state index contributed by atoms with van der Waals surface area (Å²) in [5.74, 6) is 1.82. The van der Waals surface area contributed by atoms with Gasteiger partial charge < -0.3 is 19.1 Å². The summed E-state index contributed by atoms with van der Waals surface area (Å²) in [5.41, 5.74) is 2.83. The van der Waals surface area contributed by atoms with E-state index in [1.807, 2.05) is 30.5 Å². The first-order valence-electron chi connectivity index (χ1n) is 10.8. The van der Waals surface area contributed by atoms with Gasteiger partial charge in [0.1, 0.15) is 24.8 Å². The standard InChI is InChI=1S/C24H28FN3O3/c25-9-12-29-13-14-30-15-16-31-21-5-7-22-19(17-21)3-6-23(27-22)20-4-8-24(26-18-20)28-10-1-2-11-28/h3-8,17-18H,1-2,9-16H2. The van der Waals surface area contributed by atoms with Gasteiger partial charge in [-0.05, 0) is 49.2 Å². The highest BCUT2D eigenvalue weighted by Gasteiger charge is 2.13. The summed E-state index contributed by atoms with van der Waals surface area (Å²) in [5, 5.41) is 1.02. The average Bonchev–Trinajstić information content (AvgIpc) is 3.36. The van der Waals surface area contributed by atoms with Gasteiger partial charge in [0, 0.05) is 30.2 Å². The predicted octanol–water partition coefficient (Wildman–Crippen LogP) is 4.28. The van der Waals surface area contributed by atoms with Crippen molar-refractivity contribution in [1.29, 1.82) is 0 Å². The molecule has 0 radical (unpaired) electrons. The number of fused-ring (bicyclic) bond motifs is 1. The van der Waals surface area contributed by atoms with Gasteiger partial charge in [0.05, 0.1) is 37.6 Å². The third-order valence-electron chi connectivity index (χ3n) is 5.22. The van der Waals surface area contributed by atoms with E-state index in [4.69, 9.17) is 19.2 Å². The topological polar surface area (TPSA) is 56.7 Å². The molecule has 1 saturated heterocycles. The van der Waals surface area contributed by atoms with Crippen LogP contribution in [0.5, 0.6) is 5.75 Å². The summed E-state index contributed by atoms with van der Waals surface area (Å²) in [7, 11) is 0. The van der Waals surface area contributed by atoms with E-state index in [0.717, 1.165) is 46.8 Å². The van der Waals surface area contributed by atoms with Gasteiger partial charge >= 0.3 is 0 Å². The van der Waals surface area contributed by atoms with Crippen molar-refractivity contribution >= 4 is 16.7 Å². The minimum Gasteiger partial charge on any atom is -0.491 e. The molecule has 1 aromatic carbocycles. The normalized spacial score (nSPS) is 13.8. The van der Waals surface area contributed by atoms with Crippen LogP contribution in [0.25, 0.3) is 22.2 Å². The zero-order valence-electron chi connectivity index (χ0n) is 17.6. The predicted molar refractivity (Wildman–Crippen MR) is 120 cm³/mol. The number of pyridine rings is 2. The van der Waals surface area contributed by atoms with Crippen LogP contribution in [0.3, 0.4) is 0 Å². The van der Waals surface area contributed by atoms with Crippen LogP contribution in [0.1, 0.15) is 12.8 Å². The SMILES string of the molecule is FCCOCCOCCOc1ccc2nc(-c3ccc(N4CCCC4)nc3)ccc2c1. The quantitative estimate of drug-likeness (QED) is 0.428. The van der Waals surface area contributed by atoms with Crippen LogP contribution in [-0.4, -0.2) is 62.8 Å². The van der Waals surface area contributed by atoms with Gasteiger partial charge in [-0.15, -0.1) is 0 Å². The maximum absolute atomic E-state index is 11.9. The summed E-state index contributed by atoms with van der Waals surface area (Å²) >= 11 is 0. The van der Waals surface area contributed by atoms with Crippen molar-refractivity contribution in [2.24, 2.45) is 0 Å². The van der Waals surface area contributed by atoms with Crippen molar-refractivity contribution in [2.45, 2.75) is 12.8 Å². The highest BCUT2D eigenvalue weighted by Crippen LogP contribution is 2.25. The first-order chi connectivity index (χ1) is 15.3. The molecule has 0 bridgehead atoms. The third kappa shape index (κ3) is 5.89. The first-order valence-corrected chi connectivity index (χ1v) is 10.8. The Labute approximate surface area is 182 Å². The number of anilines is 1. The molecule has 0 unspecified atom stereocenters. The van der Waals surface area contributed by atoms with E-state index in [0.29, 0.717) is 26.4 Å². The Hall–Kier alpha value is -2.77. The van der Waals surface area contributed by atoms with Crippen LogP contribution >= 0.6 is 0 Å². The van der Waals surface area contributed by atoms with Crippen molar-refractivity contribution in [1.82, 2.24) is 9.97 Å².